The number of hydrogen-bond donors (Lipinski definition) is 1. The van der Waals surface area contributed by atoms with Crippen LogP contribution in [0.4, 0.5) is 5.00 Å². The molecule has 0 saturated heterocycles. The number of amides is 2. The molecular weight excluding hydrogens is 550 g/mol. The summed E-state index contributed by atoms with van der Waals surface area (Å²) >= 11 is 8.36. The minimum Gasteiger partial charge on any atom is -0.483 e. The number of thiophene rings is 1. The van der Waals surface area contributed by atoms with Gasteiger partial charge in [-0.3, -0.25) is 9.59 Å². The average molecular weight is 580 g/mol. The van der Waals surface area contributed by atoms with Gasteiger partial charge in [0.1, 0.15) is 10.8 Å². The van der Waals surface area contributed by atoms with E-state index in [-0.39, 0.29) is 28.1 Å². The Balaban J connectivity index is 1.73. The lowest BCUT2D eigenvalue weighted by Gasteiger charge is -2.16. The van der Waals surface area contributed by atoms with Crippen molar-refractivity contribution in [2.24, 2.45) is 0 Å². The van der Waals surface area contributed by atoms with Crippen molar-refractivity contribution in [2.45, 2.75) is 45.5 Å². The summed E-state index contributed by atoms with van der Waals surface area (Å²) in [7, 11) is 4.49. The molecule has 2 heterocycles. The zero-order valence-corrected chi connectivity index (χ0v) is 24.6. The second-order valence-corrected chi connectivity index (χ2v) is 10.9. The third kappa shape index (κ3) is 6.48. The number of esters is 1. The Hall–Kier alpha value is -3.09. The number of nitrogens with zero attached hydrogens (tertiary/aromatic N) is 4. The predicted molar refractivity (Wildman–Crippen MR) is 149 cm³/mol. The van der Waals surface area contributed by atoms with Gasteiger partial charge in [0.2, 0.25) is 5.91 Å². The van der Waals surface area contributed by atoms with Crippen molar-refractivity contribution in [2.75, 3.05) is 32.3 Å². The number of anilines is 1. The Morgan fingerprint density at radius 2 is 1.95 bits per heavy atom. The van der Waals surface area contributed by atoms with Crippen LogP contribution in [0, 0.1) is 13.8 Å². The molecule has 3 rings (SSSR count). The summed E-state index contributed by atoms with van der Waals surface area (Å²) in [5.74, 6) is 0.0487. The molecular formula is C25H30ClN5O5S2. The lowest BCUT2D eigenvalue weighted by molar-refractivity contribution is -0.113. The van der Waals surface area contributed by atoms with Crippen molar-refractivity contribution in [1.82, 2.24) is 19.7 Å². The summed E-state index contributed by atoms with van der Waals surface area (Å²) in [5, 5.41) is 12.8. The van der Waals surface area contributed by atoms with Gasteiger partial charge < -0.3 is 24.3 Å². The maximum absolute atomic E-state index is 12.8. The molecule has 10 nitrogen and oxygen atoms in total. The first kappa shape index (κ1) is 29.5. The van der Waals surface area contributed by atoms with Crippen LogP contribution >= 0.6 is 34.7 Å². The number of carbonyl (C=O) groups excluding carboxylic acids is 3. The van der Waals surface area contributed by atoms with Gasteiger partial charge in [0, 0.05) is 25.7 Å². The largest absolute Gasteiger partial charge is 0.483 e. The Kier molecular flexibility index (Phi) is 9.80. The number of hydrogen-bond acceptors (Lipinski definition) is 9. The van der Waals surface area contributed by atoms with E-state index in [1.54, 1.807) is 33.2 Å². The van der Waals surface area contributed by atoms with Gasteiger partial charge in [-0.2, -0.15) is 0 Å². The molecule has 0 spiro atoms. The number of ether oxygens (including phenoxy) is 2. The first-order valence-electron chi connectivity index (χ1n) is 11.7. The lowest BCUT2D eigenvalue weighted by atomic mass is 10.1. The van der Waals surface area contributed by atoms with Crippen LogP contribution in [0.5, 0.6) is 5.75 Å². The van der Waals surface area contributed by atoms with E-state index in [1.165, 1.54) is 23.8 Å². The molecule has 0 radical (unpaired) electrons. The zero-order chi connectivity index (χ0) is 28.1. The number of methoxy groups -OCH3 is 1. The molecule has 2 aromatic heterocycles. The Bertz CT molecular complexity index is 1350. The molecule has 3 aromatic rings. The van der Waals surface area contributed by atoms with E-state index in [4.69, 9.17) is 21.1 Å². The first-order chi connectivity index (χ1) is 18.0. The summed E-state index contributed by atoms with van der Waals surface area (Å²) in [6, 6.07) is 5.44. The number of aryl methyl sites for hydroxylation is 1. The van der Waals surface area contributed by atoms with Crippen molar-refractivity contribution in [3.8, 4) is 5.75 Å². The fraction of sp³-hybridized carbons (Fsp3) is 0.400. The first-order valence-corrected chi connectivity index (χ1v) is 13.9. The van der Waals surface area contributed by atoms with E-state index in [0.717, 1.165) is 16.9 Å². The quantitative estimate of drug-likeness (QED) is 0.264. The molecule has 1 aromatic carbocycles. The van der Waals surface area contributed by atoms with Crippen molar-refractivity contribution in [1.29, 1.82) is 0 Å². The zero-order valence-electron chi connectivity index (χ0n) is 22.2. The summed E-state index contributed by atoms with van der Waals surface area (Å²) in [6.07, 6.45) is -0.393. The number of halogens is 1. The molecule has 13 heteroatoms. The van der Waals surface area contributed by atoms with E-state index >= 15 is 0 Å². The maximum Gasteiger partial charge on any atom is 0.341 e. The summed E-state index contributed by atoms with van der Waals surface area (Å²) in [5.41, 5.74) is 1.54. The van der Waals surface area contributed by atoms with Crippen LogP contribution in [0.15, 0.2) is 23.4 Å². The van der Waals surface area contributed by atoms with Crippen molar-refractivity contribution < 1.29 is 23.9 Å². The van der Waals surface area contributed by atoms with Crippen molar-refractivity contribution in [3.63, 3.8) is 0 Å². The second kappa shape index (κ2) is 12.6. The van der Waals surface area contributed by atoms with Crippen molar-refractivity contribution in [3.05, 3.63) is 50.6 Å². The maximum atomic E-state index is 12.8. The molecule has 0 fully saturated rings. The smallest absolute Gasteiger partial charge is 0.341 e. The van der Waals surface area contributed by atoms with Gasteiger partial charge >= 0.3 is 5.97 Å². The van der Waals surface area contributed by atoms with Crippen LogP contribution in [0.25, 0.3) is 0 Å². The van der Waals surface area contributed by atoms with Gasteiger partial charge in [-0.15, -0.1) is 21.5 Å². The topological polar surface area (TPSA) is 116 Å². The molecule has 0 aliphatic carbocycles. The molecule has 1 N–H and O–H groups in total. The predicted octanol–water partition coefficient (Wildman–Crippen LogP) is 4.99. The SMILES string of the molecule is CCn1c(SCC(=O)Nc2sc(C(=O)N(C)C)c(C)c2C(=O)OC)nnc1C(C)Oc1ccc(Cl)c(C)c1. The van der Waals surface area contributed by atoms with E-state index in [9.17, 15) is 14.4 Å². The number of nitrogens with one attached hydrogen (secondary N) is 1. The van der Waals surface area contributed by atoms with Crippen LogP contribution in [-0.2, 0) is 16.1 Å². The van der Waals surface area contributed by atoms with Crippen LogP contribution in [-0.4, -0.2) is 64.4 Å². The molecule has 0 aliphatic heterocycles. The van der Waals surface area contributed by atoms with Crippen LogP contribution in [0.3, 0.4) is 0 Å². The normalized spacial score (nSPS) is 11.7. The van der Waals surface area contributed by atoms with Crippen LogP contribution in [0.2, 0.25) is 5.02 Å². The van der Waals surface area contributed by atoms with Gasteiger partial charge in [0.05, 0.1) is 23.3 Å². The monoisotopic (exact) mass is 579 g/mol. The van der Waals surface area contributed by atoms with Gasteiger partial charge in [-0.05, 0) is 57.0 Å². The third-order valence-corrected chi connectivity index (χ3v) is 8.18. The molecule has 1 atom stereocenters. The fourth-order valence-corrected chi connectivity index (χ4v) is 5.76. The number of aromatic nitrogens is 3. The fourth-order valence-electron chi connectivity index (χ4n) is 3.60. The van der Waals surface area contributed by atoms with Crippen molar-refractivity contribution >= 4 is 57.5 Å². The van der Waals surface area contributed by atoms with Crippen LogP contribution < -0.4 is 10.1 Å². The molecule has 0 bridgehead atoms. The summed E-state index contributed by atoms with van der Waals surface area (Å²) in [4.78, 5) is 39.6. The summed E-state index contributed by atoms with van der Waals surface area (Å²) in [6.45, 7) is 7.97. The highest BCUT2D eigenvalue weighted by Gasteiger charge is 2.27. The molecule has 204 valence electrons. The number of carbonyl (C=O) groups is 3. The van der Waals surface area contributed by atoms with E-state index in [0.29, 0.717) is 38.7 Å². The average Bonchev–Trinajstić information content (AvgIpc) is 3.44. The van der Waals surface area contributed by atoms with Gasteiger partial charge in [-0.1, -0.05) is 23.4 Å². The standard InChI is InChI=1S/C25H30ClN5O5S2/c1-8-31-21(15(4)36-16-9-10-17(26)13(2)11-16)28-29-25(31)37-12-18(32)27-22-19(24(34)35-7)14(3)20(38-22)23(33)30(5)6/h9-11,15H,8,12H2,1-7H3,(H,27,32). The Morgan fingerprint density at radius 3 is 2.55 bits per heavy atom. The highest BCUT2D eigenvalue weighted by molar-refractivity contribution is 7.99. The van der Waals surface area contributed by atoms with E-state index < -0.39 is 12.1 Å². The third-order valence-electron chi connectivity index (χ3n) is 5.59. The minimum atomic E-state index is -0.625. The second-order valence-electron chi connectivity index (χ2n) is 8.54. The molecule has 38 heavy (non-hydrogen) atoms. The van der Waals surface area contributed by atoms with Gasteiger partial charge in [0.25, 0.3) is 5.91 Å². The molecule has 0 saturated carbocycles. The van der Waals surface area contributed by atoms with Crippen LogP contribution in [0.1, 0.15) is 56.9 Å². The Labute approximate surface area is 234 Å². The Morgan fingerprint density at radius 1 is 1.24 bits per heavy atom. The lowest BCUT2D eigenvalue weighted by Crippen LogP contribution is -2.21. The highest BCUT2D eigenvalue weighted by Crippen LogP contribution is 2.35. The molecule has 2 amide bonds. The number of thioether (sulfide) groups is 1. The van der Waals surface area contributed by atoms with Gasteiger partial charge in [-0.25, -0.2) is 4.79 Å². The number of benzene rings is 1. The van der Waals surface area contributed by atoms with E-state index in [2.05, 4.69) is 15.5 Å². The van der Waals surface area contributed by atoms with Gasteiger partial charge in [0.15, 0.2) is 17.1 Å². The number of rotatable bonds is 10. The van der Waals surface area contributed by atoms with E-state index in [1.807, 2.05) is 31.4 Å². The minimum absolute atomic E-state index is 0.0122. The molecule has 1 unspecified atom stereocenters. The molecule has 0 aliphatic rings. The summed E-state index contributed by atoms with van der Waals surface area (Å²) < 4.78 is 12.8. The highest BCUT2D eigenvalue weighted by atomic mass is 35.5.